The third kappa shape index (κ3) is 3.87. The van der Waals surface area contributed by atoms with Crippen LogP contribution >= 0.6 is 15.9 Å². The van der Waals surface area contributed by atoms with Crippen LogP contribution in [0, 0.1) is 15.5 Å². The number of nitrogens with zero attached hydrogens (tertiary/aromatic N) is 2. The number of benzene rings is 1. The average Bonchev–Trinajstić information content (AvgIpc) is 2.71. The van der Waals surface area contributed by atoms with Crippen molar-refractivity contribution in [3.05, 3.63) is 39.9 Å². The second-order valence-corrected chi connectivity index (χ2v) is 8.20. The van der Waals surface area contributed by atoms with Gasteiger partial charge < -0.3 is 4.74 Å². The first kappa shape index (κ1) is 20.6. The molecule has 1 aromatic rings. The number of hydrogen-bond acceptors (Lipinski definition) is 6. The summed E-state index contributed by atoms with van der Waals surface area (Å²) in [6, 6.07) is 5.29. The molecular weight excluding hydrogens is 428 g/mol. The van der Waals surface area contributed by atoms with Crippen molar-refractivity contribution in [2.75, 3.05) is 6.61 Å². The number of Topliss-reactive ketones (excluding diaryl/α,β-unsaturated/α-hetero) is 1. The summed E-state index contributed by atoms with van der Waals surface area (Å²) in [7, 11) is 0. The maximum absolute atomic E-state index is 12.6. The van der Waals surface area contributed by atoms with Gasteiger partial charge in [-0.15, -0.1) is 0 Å². The SMILES string of the molecule is CCOC(=O)[C@H](Cc1ccc([N+](=O)[O-])cc1)N=C1C(Br)C(=O)C12CCCCC2. The fourth-order valence-corrected chi connectivity index (χ4v) is 5.06. The molecule has 2 fully saturated rings. The van der Waals surface area contributed by atoms with E-state index < -0.39 is 27.2 Å². The summed E-state index contributed by atoms with van der Waals surface area (Å²) < 4.78 is 5.19. The predicted octanol–water partition coefficient (Wildman–Crippen LogP) is 3.81. The molecule has 0 amide bonds. The van der Waals surface area contributed by atoms with Crippen LogP contribution in [0.4, 0.5) is 5.69 Å². The van der Waals surface area contributed by atoms with E-state index in [0.717, 1.165) is 43.4 Å². The molecule has 0 aromatic heterocycles. The highest BCUT2D eigenvalue weighted by Crippen LogP contribution is 2.49. The lowest BCUT2D eigenvalue weighted by Gasteiger charge is -2.47. The van der Waals surface area contributed by atoms with Crippen LogP contribution in [0.25, 0.3) is 0 Å². The van der Waals surface area contributed by atoms with Gasteiger partial charge >= 0.3 is 5.97 Å². The molecule has 8 heteroatoms. The van der Waals surface area contributed by atoms with Gasteiger partial charge in [0, 0.05) is 24.3 Å². The second-order valence-electron chi connectivity index (χ2n) is 7.28. The Hall–Kier alpha value is -2.09. The molecule has 1 spiro atoms. The first-order valence-corrected chi connectivity index (χ1v) is 10.5. The first-order chi connectivity index (χ1) is 13.4. The molecule has 0 saturated heterocycles. The Morgan fingerprint density at radius 1 is 1.32 bits per heavy atom. The summed E-state index contributed by atoms with van der Waals surface area (Å²) >= 11 is 3.42. The molecule has 0 radical (unpaired) electrons. The van der Waals surface area contributed by atoms with Gasteiger partial charge in [0.05, 0.1) is 16.9 Å². The number of carbonyl (C=O) groups is 2. The summed E-state index contributed by atoms with van der Waals surface area (Å²) in [5.41, 5.74) is 0.959. The van der Waals surface area contributed by atoms with Gasteiger partial charge in [-0.3, -0.25) is 19.9 Å². The lowest BCUT2D eigenvalue weighted by atomic mass is 9.58. The molecule has 1 unspecified atom stereocenters. The van der Waals surface area contributed by atoms with E-state index >= 15 is 0 Å². The van der Waals surface area contributed by atoms with Crippen molar-refractivity contribution in [3.63, 3.8) is 0 Å². The van der Waals surface area contributed by atoms with E-state index in [1.165, 1.54) is 12.1 Å². The van der Waals surface area contributed by atoms with E-state index in [0.29, 0.717) is 0 Å². The van der Waals surface area contributed by atoms with Gasteiger partial charge in [0.1, 0.15) is 4.83 Å². The van der Waals surface area contributed by atoms with Gasteiger partial charge in [-0.2, -0.15) is 0 Å². The number of ketones is 1. The number of rotatable bonds is 6. The van der Waals surface area contributed by atoms with Crippen molar-refractivity contribution in [2.45, 2.75) is 56.3 Å². The second kappa shape index (κ2) is 8.51. The number of aliphatic imine (C=N–C) groups is 1. The van der Waals surface area contributed by atoms with Crippen molar-refractivity contribution in [1.82, 2.24) is 0 Å². The summed E-state index contributed by atoms with van der Waals surface area (Å²) in [5, 5.41) is 10.8. The Morgan fingerprint density at radius 3 is 2.54 bits per heavy atom. The van der Waals surface area contributed by atoms with Crippen LogP contribution in [0.15, 0.2) is 29.3 Å². The van der Waals surface area contributed by atoms with E-state index in [2.05, 4.69) is 15.9 Å². The highest BCUT2D eigenvalue weighted by atomic mass is 79.9. The Balaban J connectivity index is 1.87. The topological polar surface area (TPSA) is 98.9 Å². The number of halogens is 1. The van der Waals surface area contributed by atoms with E-state index in [9.17, 15) is 19.7 Å². The van der Waals surface area contributed by atoms with Crippen molar-refractivity contribution in [3.8, 4) is 0 Å². The Bertz CT molecular complexity index is 799. The van der Waals surface area contributed by atoms with Crippen LogP contribution in [-0.2, 0) is 20.7 Å². The van der Waals surface area contributed by atoms with E-state index in [1.807, 2.05) is 0 Å². The van der Waals surface area contributed by atoms with Crippen molar-refractivity contribution < 1.29 is 19.2 Å². The number of ether oxygens (including phenoxy) is 1. The molecule has 0 N–H and O–H groups in total. The zero-order chi connectivity index (χ0) is 20.3. The third-order valence-electron chi connectivity index (χ3n) is 5.57. The fraction of sp³-hybridized carbons (Fsp3) is 0.550. The summed E-state index contributed by atoms with van der Waals surface area (Å²) in [5.74, 6) is -0.290. The molecule has 1 aromatic carbocycles. The van der Waals surface area contributed by atoms with Gasteiger partial charge in [0.2, 0.25) is 0 Å². The molecule has 0 heterocycles. The number of alkyl halides is 1. The number of nitro groups is 1. The van der Waals surface area contributed by atoms with Crippen LogP contribution in [0.1, 0.15) is 44.6 Å². The van der Waals surface area contributed by atoms with Crippen LogP contribution in [0.5, 0.6) is 0 Å². The number of esters is 1. The summed E-state index contributed by atoms with van der Waals surface area (Å²) in [6.07, 6.45) is 4.90. The summed E-state index contributed by atoms with van der Waals surface area (Å²) in [6.45, 7) is 1.97. The lowest BCUT2D eigenvalue weighted by molar-refractivity contribution is -0.384. The van der Waals surface area contributed by atoms with Crippen molar-refractivity contribution in [1.29, 1.82) is 0 Å². The quantitative estimate of drug-likeness (QED) is 0.284. The monoisotopic (exact) mass is 450 g/mol. The van der Waals surface area contributed by atoms with Crippen LogP contribution in [0.2, 0.25) is 0 Å². The molecule has 28 heavy (non-hydrogen) atoms. The minimum Gasteiger partial charge on any atom is -0.464 e. The number of carbonyl (C=O) groups excluding carboxylic acids is 2. The molecule has 7 nitrogen and oxygen atoms in total. The highest BCUT2D eigenvalue weighted by Gasteiger charge is 2.58. The Labute approximate surface area is 171 Å². The zero-order valence-electron chi connectivity index (χ0n) is 15.7. The molecule has 2 aliphatic rings. The highest BCUT2D eigenvalue weighted by molar-refractivity contribution is 9.10. The third-order valence-corrected chi connectivity index (χ3v) is 6.42. The van der Waals surface area contributed by atoms with Gasteiger partial charge in [-0.25, -0.2) is 4.79 Å². The zero-order valence-corrected chi connectivity index (χ0v) is 17.3. The largest absolute Gasteiger partial charge is 0.464 e. The molecule has 2 saturated carbocycles. The lowest BCUT2D eigenvalue weighted by Crippen LogP contribution is -2.61. The van der Waals surface area contributed by atoms with Crippen LogP contribution in [-0.4, -0.2) is 39.9 Å². The molecule has 0 bridgehead atoms. The number of hydrogen-bond donors (Lipinski definition) is 0. The normalized spacial score (nSPS) is 23.3. The van der Waals surface area contributed by atoms with Crippen LogP contribution < -0.4 is 0 Å². The fourth-order valence-electron chi connectivity index (χ4n) is 4.07. The van der Waals surface area contributed by atoms with Crippen molar-refractivity contribution in [2.24, 2.45) is 10.4 Å². The van der Waals surface area contributed by atoms with Crippen molar-refractivity contribution >= 4 is 39.1 Å². The van der Waals surface area contributed by atoms with E-state index in [4.69, 9.17) is 9.73 Å². The molecule has 2 aliphatic carbocycles. The van der Waals surface area contributed by atoms with E-state index in [1.54, 1.807) is 19.1 Å². The van der Waals surface area contributed by atoms with Crippen LogP contribution in [0.3, 0.4) is 0 Å². The van der Waals surface area contributed by atoms with Gasteiger partial charge in [0.25, 0.3) is 5.69 Å². The minimum atomic E-state index is -0.775. The molecule has 2 atom stereocenters. The van der Waals surface area contributed by atoms with Gasteiger partial charge in [-0.05, 0) is 25.3 Å². The molecule has 150 valence electrons. The maximum Gasteiger partial charge on any atom is 0.331 e. The van der Waals surface area contributed by atoms with Gasteiger partial charge in [0.15, 0.2) is 11.8 Å². The smallest absolute Gasteiger partial charge is 0.331 e. The first-order valence-electron chi connectivity index (χ1n) is 9.55. The number of non-ortho nitro benzene ring substituents is 1. The average molecular weight is 451 g/mol. The Morgan fingerprint density at radius 2 is 1.96 bits per heavy atom. The predicted molar refractivity (Wildman–Crippen MR) is 108 cm³/mol. The maximum atomic E-state index is 12.6. The molecular formula is C20H23BrN2O5. The molecule has 0 aliphatic heterocycles. The number of nitro benzene ring substituents is 1. The van der Waals surface area contributed by atoms with E-state index in [-0.39, 0.29) is 24.5 Å². The minimum absolute atomic E-state index is 0.00554. The summed E-state index contributed by atoms with van der Waals surface area (Å²) in [4.78, 5) is 39.7. The standard InChI is InChI=1S/C20H23BrN2O5/c1-2-28-19(25)15(12-13-6-8-14(9-7-13)23(26)27)22-17-16(21)18(24)20(17)10-4-3-5-11-20/h6-9,15-16H,2-5,10-12H2,1H3/t15-,16?/m0/s1. The van der Waals surface area contributed by atoms with Gasteiger partial charge in [-0.1, -0.05) is 47.3 Å². The molecule has 3 rings (SSSR count). The Kier molecular flexibility index (Phi) is 6.27.